The van der Waals surface area contributed by atoms with Gasteiger partial charge in [0.2, 0.25) is 5.91 Å². The van der Waals surface area contributed by atoms with Gasteiger partial charge in [-0.1, -0.05) is 31.6 Å². The Morgan fingerprint density at radius 2 is 1.49 bits per heavy atom. The summed E-state index contributed by atoms with van der Waals surface area (Å²) in [4.78, 5) is 31.7. The minimum absolute atomic E-state index is 0.0190. The van der Waals surface area contributed by atoms with Crippen LogP contribution in [0.4, 0.5) is 18.9 Å². The number of benzene rings is 1. The highest BCUT2D eigenvalue weighted by Gasteiger charge is 2.36. The summed E-state index contributed by atoms with van der Waals surface area (Å²) in [5.74, 6) is -0.296. The number of alkyl halides is 3. The number of nitrogens with zero attached hydrogens (tertiary/aromatic N) is 5. The Balaban J connectivity index is 1.61. The van der Waals surface area contributed by atoms with Crippen molar-refractivity contribution in [2.75, 3.05) is 25.0 Å². The van der Waals surface area contributed by atoms with Crippen LogP contribution in [0.2, 0.25) is 0 Å². The maximum Gasteiger partial charge on any atom is 0.416 e. The SMILES string of the molecule is C=CC(CN(Cc1ccccn1)C1CCCC[C@@H]1N(CC(=O)Nc1ccc(C(F)(F)F)cc1)Cc1ccccn1)=NCC. The summed E-state index contributed by atoms with van der Waals surface area (Å²) in [6, 6.07) is 16.2. The molecule has 1 saturated carbocycles. The highest BCUT2D eigenvalue weighted by atomic mass is 19.4. The number of aliphatic imine (C=N–C) groups is 1. The van der Waals surface area contributed by atoms with Crippen LogP contribution in [0.15, 0.2) is 90.7 Å². The van der Waals surface area contributed by atoms with E-state index in [-0.39, 0.29) is 24.5 Å². The first-order chi connectivity index (χ1) is 20.8. The van der Waals surface area contributed by atoms with Crippen LogP contribution in [0.5, 0.6) is 0 Å². The number of halogens is 3. The monoisotopic (exact) mass is 592 g/mol. The molecule has 1 amide bonds. The Hall–Kier alpha value is -3.89. The fourth-order valence-corrected chi connectivity index (χ4v) is 5.64. The fourth-order valence-electron chi connectivity index (χ4n) is 5.64. The van der Waals surface area contributed by atoms with E-state index < -0.39 is 11.7 Å². The van der Waals surface area contributed by atoms with Crippen LogP contribution in [-0.2, 0) is 24.1 Å². The molecular formula is C33H39F3N6O. The Bertz CT molecular complexity index is 1330. The number of hydrogen-bond donors (Lipinski definition) is 1. The standard InChI is InChI=1S/C33H39F3N6O/c1-3-26(37-4-2)21-41(22-28-11-7-9-19-38-28)30-13-5-6-14-31(30)42(23-29-12-8-10-20-39-29)24-32(43)40-27-17-15-25(16-18-27)33(34,35)36/h3,7-12,15-20,30-31H,1,4-6,13-14,21-24H2,2H3,(H,40,43)/t30?,31-/m0/s1. The number of anilines is 1. The normalized spacial score (nSPS) is 17.7. The van der Waals surface area contributed by atoms with E-state index in [2.05, 4.69) is 36.7 Å². The van der Waals surface area contributed by atoms with Gasteiger partial charge in [-0.3, -0.25) is 29.6 Å². The maximum atomic E-state index is 13.4. The number of nitrogens with one attached hydrogen (secondary N) is 1. The minimum atomic E-state index is -4.44. The average Bonchev–Trinajstić information content (AvgIpc) is 3.01. The molecule has 1 aromatic carbocycles. The molecule has 43 heavy (non-hydrogen) atoms. The van der Waals surface area contributed by atoms with E-state index in [4.69, 9.17) is 0 Å². The molecule has 0 bridgehead atoms. The van der Waals surface area contributed by atoms with Crippen molar-refractivity contribution in [3.05, 3.63) is 103 Å². The highest BCUT2D eigenvalue weighted by Crippen LogP contribution is 2.31. The van der Waals surface area contributed by atoms with Crippen molar-refractivity contribution in [3.8, 4) is 0 Å². The zero-order valence-electron chi connectivity index (χ0n) is 24.5. The van der Waals surface area contributed by atoms with Crippen molar-refractivity contribution in [2.24, 2.45) is 4.99 Å². The lowest BCUT2D eigenvalue weighted by atomic mass is 9.87. The van der Waals surface area contributed by atoms with E-state index >= 15 is 0 Å². The molecule has 0 radical (unpaired) electrons. The van der Waals surface area contributed by atoms with Crippen LogP contribution in [-0.4, -0.2) is 63.1 Å². The minimum Gasteiger partial charge on any atom is -0.325 e. The van der Waals surface area contributed by atoms with Crippen LogP contribution in [0, 0.1) is 0 Å². The Morgan fingerprint density at radius 3 is 1.95 bits per heavy atom. The Labute approximate surface area is 251 Å². The smallest absolute Gasteiger partial charge is 0.325 e. The molecule has 2 aromatic heterocycles. The van der Waals surface area contributed by atoms with E-state index in [1.165, 1.54) is 12.1 Å². The summed E-state index contributed by atoms with van der Waals surface area (Å²) < 4.78 is 39.1. The maximum absolute atomic E-state index is 13.4. The van der Waals surface area contributed by atoms with Crippen molar-refractivity contribution < 1.29 is 18.0 Å². The second kappa shape index (κ2) is 15.5. The van der Waals surface area contributed by atoms with Gasteiger partial charge in [0.25, 0.3) is 0 Å². The topological polar surface area (TPSA) is 73.7 Å². The number of amides is 1. The first-order valence-electron chi connectivity index (χ1n) is 14.7. The van der Waals surface area contributed by atoms with E-state index in [0.717, 1.165) is 54.9 Å². The summed E-state index contributed by atoms with van der Waals surface area (Å²) in [5, 5.41) is 2.79. The molecule has 0 spiro atoms. The second-order valence-corrected chi connectivity index (χ2v) is 10.7. The summed E-state index contributed by atoms with van der Waals surface area (Å²) in [5.41, 5.74) is 2.25. The molecule has 2 atom stereocenters. The number of aromatic nitrogens is 2. The third-order valence-corrected chi connectivity index (χ3v) is 7.62. The molecule has 228 valence electrons. The molecule has 3 aromatic rings. The number of hydrogen-bond acceptors (Lipinski definition) is 6. The molecule has 10 heteroatoms. The van der Waals surface area contributed by atoms with Gasteiger partial charge in [0, 0.05) is 62.1 Å². The molecule has 0 saturated heterocycles. The van der Waals surface area contributed by atoms with Gasteiger partial charge in [-0.2, -0.15) is 13.2 Å². The largest absolute Gasteiger partial charge is 0.416 e. The highest BCUT2D eigenvalue weighted by molar-refractivity contribution is 5.96. The zero-order chi connectivity index (χ0) is 30.7. The Kier molecular flexibility index (Phi) is 11.6. The number of carbonyl (C=O) groups is 1. The number of pyridine rings is 2. The van der Waals surface area contributed by atoms with Crippen molar-refractivity contribution in [3.63, 3.8) is 0 Å². The molecule has 4 rings (SSSR count). The molecule has 2 heterocycles. The quantitative estimate of drug-likeness (QED) is 0.233. The van der Waals surface area contributed by atoms with Gasteiger partial charge in [0.1, 0.15) is 0 Å². The first-order valence-corrected chi connectivity index (χ1v) is 14.7. The fraction of sp³-hybridized carbons (Fsp3) is 0.394. The van der Waals surface area contributed by atoms with Gasteiger partial charge in [-0.15, -0.1) is 0 Å². The lowest BCUT2D eigenvalue weighted by Gasteiger charge is -2.45. The van der Waals surface area contributed by atoms with Crippen molar-refractivity contribution in [1.29, 1.82) is 0 Å². The van der Waals surface area contributed by atoms with E-state index in [1.54, 1.807) is 18.5 Å². The summed E-state index contributed by atoms with van der Waals surface area (Å²) in [6.07, 6.45) is 4.80. The van der Waals surface area contributed by atoms with E-state index in [0.29, 0.717) is 31.9 Å². The number of carbonyl (C=O) groups excluding carboxylic acids is 1. The molecule has 1 N–H and O–H groups in total. The van der Waals surface area contributed by atoms with Gasteiger partial charge in [-0.25, -0.2) is 0 Å². The lowest BCUT2D eigenvalue weighted by Crippen LogP contribution is -2.55. The first kappa shape index (κ1) is 32.0. The second-order valence-electron chi connectivity index (χ2n) is 10.7. The van der Waals surface area contributed by atoms with E-state index in [1.807, 2.05) is 43.3 Å². The molecule has 1 unspecified atom stereocenters. The van der Waals surface area contributed by atoms with Crippen LogP contribution < -0.4 is 5.32 Å². The molecular weight excluding hydrogens is 553 g/mol. The summed E-state index contributed by atoms with van der Waals surface area (Å²) >= 11 is 0. The third kappa shape index (κ3) is 9.56. The van der Waals surface area contributed by atoms with Gasteiger partial charge in [-0.05, 0) is 74.4 Å². The van der Waals surface area contributed by atoms with Crippen LogP contribution >= 0.6 is 0 Å². The summed E-state index contributed by atoms with van der Waals surface area (Å²) in [6.45, 7) is 8.38. The molecule has 0 aliphatic heterocycles. The van der Waals surface area contributed by atoms with Crippen molar-refractivity contribution >= 4 is 17.3 Å². The third-order valence-electron chi connectivity index (χ3n) is 7.62. The van der Waals surface area contributed by atoms with Gasteiger partial charge < -0.3 is 5.32 Å². The van der Waals surface area contributed by atoms with E-state index in [9.17, 15) is 18.0 Å². The zero-order valence-corrected chi connectivity index (χ0v) is 24.5. The van der Waals surface area contributed by atoms with Crippen LogP contribution in [0.3, 0.4) is 0 Å². The molecule has 1 aliphatic carbocycles. The molecule has 1 fully saturated rings. The lowest BCUT2D eigenvalue weighted by molar-refractivity contribution is -0.137. The van der Waals surface area contributed by atoms with Crippen LogP contribution in [0.1, 0.15) is 49.6 Å². The number of rotatable bonds is 13. The average molecular weight is 593 g/mol. The summed E-state index contributed by atoms with van der Waals surface area (Å²) in [7, 11) is 0. The van der Waals surface area contributed by atoms with Gasteiger partial charge >= 0.3 is 6.18 Å². The van der Waals surface area contributed by atoms with Crippen molar-refractivity contribution in [2.45, 2.75) is 64.0 Å². The molecule has 7 nitrogen and oxygen atoms in total. The predicted octanol–water partition coefficient (Wildman–Crippen LogP) is 6.40. The molecule has 1 aliphatic rings. The van der Waals surface area contributed by atoms with Crippen molar-refractivity contribution in [1.82, 2.24) is 19.8 Å². The van der Waals surface area contributed by atoms with Gasteiger partial charge in [0.15, 0.2) is 0 Å². The van der Waals surface area contributed by atoms with Crippen LogP contribution in [0.25, 0.3) is 0 Å². The van der Waals surface area contributed by atoms with Gasteiger partial charge in [0.05, 0.1) is 23.5 Å². The predicted molar refractivity (Wildman–Crippen MR) is 164 cm³/mol. The Morgan fingerprint density at radius 1 is 0.930 bits per heavy atom.